The quantitative estimate of drug-likeness (QED) is 0.899. The van der Waals surface area contributed by atoms with Gasteiger partial charge in [0.1, 0.15) is 5.69 Å². The first-order valence-corrected chi connectivity index (χ1v) is 5.08. The highest BCUT2D eigenvalue weighted by atomic mass is 19.1. The fourth-order valence-corrected chi connectivity index (χ4v) is 1.57. The number of carboxylic acids is 1. The van der Waals surface area contributed by atoms with E-state index in [0.29, 0.717) is 5.69 Å². The molecule has 0 aliphatic heterocycles. The van der Waals surface area contributed by atoms with Crippen molar-refractivity contribution in [3.8, 4) is 5.69 Å². The summed E-state index contributed by atoms with van der Waals surface area (Å²) in [5.41, 5.74) is 0.102. The molecule has 7 heteroatoms. The number of carboxylic acid groups (broad SMARTS) is 1. The molecule has 0 bridgehead atoms. The smallest absolute Gasteiger partial charge is 0.309 e. The van der Waals surface area contributed by atoms with Crippen LogP contribution >= 0.6 is 0 Å². The summed E-state index contributed by atoms with van der Waals surface area (Å²) in [5, 5.41) is 15.9. The topological polar surface area (TPSA) is 68.0 Å². The highest BCUT2D eigenvalue weighted by molar-refractivity contribution is 5.69. The predicted octanol–water partition coefficient (Wildman–Crippen LogP) is 1.48. The van der Waals surface area contributed by atoms with E-state index < -0.39 is 17.6 Å². The summed E-state index contributed by atoms with van der Waals surface area (Å²) in [7, 11) is 0. The van der Waals surface area contributed by atoms with Crippen molar-refractivity contribution in [3.05, 3.63) is 41.2 Å². The van der Waals surface area contributed by atoms with Crippen molar-refractivity contribution >= 4 is 5.97 Å². The Morgan fingerprint density at radius 2 is 2.00 bits per heavy atom. The Morgan fingerprint density at radius 3 is 2.56 bits per heavy atom. The molecule has 0 atom stereocenters. The van der Waals surface area contributed by atoms with Crippen molar-refractivity contribution < 1.29 is 18.7 Å². The summed E-state index contributed by atoms with van der Waals surface area (Å²) < 4.78 is 28.0. The van der Waals surface area contributed by atoms with Gasteiger partial charge in [-0.2, -0.15) is 0 Å². The average Bonchev–Trinajstić information content (AvgIpc) is 2.61. The van der Waals surface area contributed by atoms with Crippen LogP contribution in [-0.2, 0) is 11.2 Å². The molecular weight excluding hydrogens is 244 g/mol. The second kappa shape index (κ2) is 4.52. The summed E-state index contributed by atoms with van der Waals surface area (Å²) >= 11 is 0. The Morgan fingerprint density at radius 1 is 1.39 bits per heavy atom. The second-order valence-electron chi connectivity index (χ2n) is 3.67. The highest BCUT2D eigenvalue weighted by Gasteiger charge is 2.18. The van der Waals surface area contributed by atoms with E-state index in [0.717, 1.165) is 16.8 Å². The third kappa shape index (κ3) is 2.06. The maximum absolute atomic E-state index is 13.5. The Kier molecular flexibility index (Phi) is 3.05. The van der Waals surface area contributed by atoms with E-state index in [1.165, 1.54) is 13.0 Å². The SMILES string of the molecule is Cc1c(CC(=O)O)nnn1-c1c(F)cccc1F. The van der Waals surface area contributed by atoms with E-state index in [-0.39, 0.29) is 17.8 Å². The van der Waals surface area contributed by atoms with Crippen molar-refractivity contribution in [2.45, 2.75) is 13.3 Å². The zero-order valence-electron chi connectivity index (χ0n) is 9.39. The number of hydrogen-bond acceptors (Lipinski definition) is 3. The first-order valence-electron chi connectivity index (χ1n) is 5.08. The lowest BCUT2D eigenvalue weighted by Gasteiger charge is -2.05. The summed E-state index contributed by atoms with van der Waals surface area (Å²) in [6, 6.07) is 3.42. The summed E-state index contributed by atoms with van der Waals surface area (Å²) in [6.45, 7) is 1.50. The highest BCUT2D eigenvalue weighted by Crippen LogP contribution is 2.19. The minimum absolute atomic E-state index is 0.171. The van der Waals surface area contributed by atoms with Gasteiger partial charge < -0.3 is 5.11 Å². The van der Waals surface area contributed by atoms with E-state index in [1.807, 2.05) is 0 Å². The van der Waals surface area contributed by atoms with Crippen LogP contribution in [0.5, 0.6) is 0 Å². The standard InChI is InChI=1S/C11H9F2N3O2/c1-6-9(5-10(17)18)14-15-16(6)11-7(12)3-2-4-8(11)13/h2-4H,5H2,1H3,(H,17,18). The molecule has 0 saturated carbocycles. The number of rotatable bonds is 3. The molecule has 0 amide bonds. The van der Waals surface area contributed by atoms with E-state index in [1.54, 1.807) is 0 Å². The number of benzene rings is 1. The van der Waals surface area contributed by atoms with Gasteiger partial charge in [0.05, 0.1) is 17.8 Å². The molecule has 1 aromatic carbocycles. The van der Waals surface area contributed by atoms with Gasteiger partial charge in [0.2, 0.25) is 0 Å². The first-order chi connectivity index (χ1) is 8.50. The van der Waals surface area contributed by atoms with Gasteiger partial charge in [-0.15, -0.1) is 5.10 Å². The van der Waals surface area contributed by atoms with E-state index in [2.05, 4.69) is 10.3 Å². The molecule has 2 rings (SSSR count). The number of hydrogen-bond donors (Lipinski definition) is 1. The Hall–Kier alpha value is -2.31. The molecule has 0 radical (unpaired) electrons. The molecule has 0 spiro atoms. The van der Waals surface area contributed by atoms with Gasteiger partial charge in [-0.1, -0.05) is 11.3 Å². The zero-order valence-corrected chi connectivity index (χ0v) is 9.39. The molecular formula is C11H9F2N3O2. The number of nitrogens with zero attached hydrogens (tertiary/aromatic N) is 3. The Balaban J connectivity index is 2.52. The molecule has 94 valence electrons. The summed E-state index contributed by atoms with van der Waals surface area (Å²) in [6.07, 6.45) is -0.345. The van der Waals surface area contributed by atoms with Crippen LogP contribution < -0.4 is 0 Å². The Labute approximate surface area is 101 Å². The molecule has 0 saturated heterocycles. The third-order valence-corrected chi connectivity index (χ3v) is 2.46. The maximum Gasteiger partial charge on any atom is 0.309 e. The average molecular weight is 253 g/mol. The summed E-state index contributed by atoms with van der Waals surface area (Å²) in [5.74, 6) is -2.66. The molecule has 5 nitrogen and oxygen atoms in total. The van der Waals surface area contributed by atoms with Gasteiger partial charge >= 0.3 is 5.97 Å². The monoisotopic (exact) mass is 253 g/mol. The van der Waals surface area contributed by atoms with Crippen molar-refractivity contribution in [1.29, 1.82) is 0 Å². The van der Waals surface area contributed by atoms with Gasteiger partial charge in [-0.05, 0) is 19.1 Å². The molecule has 0 fully saturated rings. The summed E-state index contributed by atoms with van der Waals surface area (Å²) in [4.78, 5) is 10.6. The van der Waals surface area contributed by atoms with Crippen molar-refractivity contribution in [2.75, 3.05) is 0 Å². The molecule has 18 heavy (non-hydrogen) atoms. The lowest BCUT2D eigenvalue weighted by molar-refractivity contribution is -0.136. The molecule has 1 heterocycles. The normalized spacial score (nSPS) is 10.6. The van der Waals surface area contributed by atoms with Crippen LogP contribution in [0.1, 0.15) is 11.4 Å². The lowest BCUT2D eigenvalue weighted by atomic mass is 10.2. The third-order valence-electron chi connectivity index (χ3n) is 2.46. The van der Waals surface area contributed by atoms with Crippen LogP contribution in [-0.4, -0.2) is 26.1 Å². The van der Waals surface area contributed by atoms with Crippen LogP contribution in [0.2, 0.25) is 0 Å². The van der Waals surface area contributed by atoms with Crippen LogP contribution in [0.3, 0.4) is 0 Å². The fraction of sp³-hybridized carbons (Fsp3) is 0.182. The maximum atomic E-state index is 13.5. The Bertz CT molecular complexity index is 590. The number of aromatic nitrogens is 3. The second-order valence-corrected chi connectivity index (χ2v) is 3.67. The largest absolute Gasteiger partial charge is 0.481 e. The van der Waals surface area contributed by atoms with Crippen molar-refractivity contribution in [2.24, 2.45) is 0 Å². The molecule has 2 aromatic rings. The van der Waals surface area contributed by atoms with Crippen molar-refractivity contribution in [3.63, 3.8) is 0 Å². The number of halogens is 2. The van der Waals surface area contributed by atoms with Gasteiger partial charge in [-0.25, -0.2) is 13.5 Å². The number of aliphatic carboxylic acids is 1. The van der Waals surface area contributed by atoms with E-state index >= 15 is 0 Å². The van der Waals surface area contributed by atoms with E-state index in [4.69, 9.17) is 5.11 Å². The molecule has 0 unspecified atom stereocenters. The minimum Gasteiger partial charge on any atom is -0.481 e. The zero-order chi connectivity index (χ0) is 13.3. The van der Waals surface area contributed by atoms with Crippen molar-refractivity contribution in [1.82, 2.24) is 15.0 Å². The van der Waals surface area contributed by atoms with Gasteiger partial charge in [0, 0.05) is 0 Å². The van der Waals surface area contributed by atoms with Gasteiger partial charge in [0.15, 0.2) is 11.6 Å². The van der Waals surface area contributed by atoms with Gasteiger partial charge in [0.25, 0.3) is 0 Å². The number of carbonyl (C=O) groups is 1. The first kappa shape index (κ1) is 12.2. The molecule has 1 aromatic heterocycles. The number of para-hydroxylation sites is 1. The van der Waals surface area contributed by atoms with Crippen LogP contribution in [0, 0.1) is 18.6 Å². The minimum atomic E-state index is -1.08. The molecule has 0 aliphatic rings. The predicted molar refractivity (Wildman–Crippen MR) is 57.4 cm³/mol. The van der Waals surface area contributed by atoms with Gasteiger partial charge in [-0.3, -0.25) is 4.79 Å². The van der Waals surface area contributed by atoms with E-state index in [9.17, 15) is 13.6 Å². The molecule has 1 N–H and O–H groups in total. The van der Waals surface area contributed by atoms with Crippen LogP contribution in [0.15, 0.2) is 18.2 Å². The van der Waals surface area contributed by atoms with Crippen LogP contribution in [0.25, 0.3) is 5.69 Å². The van der Waals surface area contributed by atoms with Crippen LogP contribution in [0.4, 0.5) is 8.78 Å². The lowest BCUT2D eigenvalue weighted by Crippen LogP contribution is -2.06. The fourth-order valence-electron chi connectivity index (χ4n) is 1.57. The molecule has 0 aliphatic carbocycles.